The van der Waals surface area contributed by atoms with E-state index in [1.54, 1.807) is 18.2 Å². The Labute approximate surface area is 417 Å². The molecule has 0 aliphatic heterocycles. The van der Waals surface area contributed by atoms with E-state index in [0.29, 0.717) is 38.5 Å². The SMILES string of the molecule is O=C([O-])C1C=CCCC1C(=O)[O-].O=C([O-])C1C=CCCC1C(=O)[O-].O=C([O-])C1C=CCCC1C(=O)[O-].[Al+3].[Al+3].[Ba+2].[Ba+2].[Ca+2].[Ca+2].[H-].[H-].[H-].[H-].[H-].[H-].[H-].[H-]. The van der Waals surface area contributed by atoms with Gasteiger partial charge >= 0.3 is 208 Å². The molecule has 0 saturated heterocycles. The Bertz CT molecular complexity index is 879. The Hall–Kier alpha value is 2.77. The van der Waals surface area contributed by atoms with Crippen LogP contribution in [0.3, 0.4) is 0 Å². The number of carboxylic acid groups (broad SMARTS) is 6. The van der Waals surface area contributed by atoms with Crippen molar-refractivity contribution in [2.75, 3.05) is 0 Å². The van der Waals surface area contributed by atoms with Crippen molar-refractivity contribution in [1.29, 1.82) is 0 Å². The van der Waals surface area contributed by atoms with Crippen LogP contribution < -0.4 is 30.6 Å². The maximum Gasteiger partial charge on any atom is 3.00 e. The Morgan fingerprint density at radius 2 is 0.643 bits per heavy atom. The van der Waals surface area contributed by atoms with Gasteiger partial charge in [-0.25, -0.2) is 0 Å². The summed E-state index contributed by atoms with van der Waals surface area (Å²) in [5.74, 6) is -13.8. The minimum absolute atomic E-state index is 0. The van der Waals surface area contributed by atoms with Crippen LogP contribution in [-0.2, 0) is 28.8 Å². The molecule has 42 heavy (non-hydrogen) atoms. The van der Waals surface area contributed by atoms with Crippen LogP contribution in [0, 0.1) is 35.5 Å². The smallest absolute Gasteiger partial charge is 1.00 e. The topological polar surface area (TPSA) is 241 Å². The third-order valence-electron chi connectivity index (χ3n) is 5.99. The van der Waals surface area contributed by atoms with Gasteiger partial charge in [-0.15, -0.1) is 0 Å². The number of rotatable bonds is 6. The van der Waals surface area contributed by atoms with Gasteiger partial charge in [-0.3, -0.25) is 0 Å². The van der Waals surface area contributed by atoms with Gasteiger partial charge in [-0.05, 0) is 38.5 Å². The van der Waals surface area contributed by atoms with Crippen molar-refractivity contribution in [3.8, 4) is 0 Å². The molecule has 0 saturated carbocycles. The first-order valence-corrected chi connectivity index (χ1v) is 11.1. The molecule has 0 fully saturated rings. The zero-order chi connectivity index (χ0) is 27.4. The quantitative estimate of drug-likeness (QED) is 0.179. The zero-order valence-electron chi connectivity index (χ0n) is 31.1. The van der Waals surface area contributed by atoms with Crippen LogP contribution in [0.4, 0.5) is 0 Å². The number of allylic oxidation sites excluding steroid dienone is 3. The second-order valence-corrected chi connectivity index (χ2v) is 8.33. The van der Waals surface area contributed by atoms with Gasteiger partial charge in [0.25, 0.3) is 0 Å². The summed E-state index contributed by atoms with van der Waals surface area (Å²) in [6.07, 6.45) is 11.7. The fourth-order valence-electron chi connectivity index (χ4n) is 4.02. The summed E-state index contributed by atoms with van der Waals surface area (Å²) in [7, 11) is 0. The van der Waals surface area contributed by atoms with E-state index in [2.05, 4.69) is 0 Å². The largest absolute Gasteiger partial charge is 3.00 e. The Morgan fingerprint density at radius 1 is 0.452 bits per heavy atom. The van der Waals surface area contributed by atoms with E-state index in [-0.39, 0.29) is 219 Å². The minimum atomic E-state index is -1.35. The monoisotopic (exact) mass is 922 g/mol. The summed E-state index contributed by atoms with van der Waals surface area (Å²) < 4.78 is 0. The zero-order valence-corrected chi connectivity index (χ0v) is 38.7. The summed E-state index contributed by atoms with van der Waals surface area (Å²) in [6.45, 7) is 0. The first-order chi connectivity index (χ1) is 16.9. The number of carbonyl (C=O) groups is 6. The second-order valence-electron chi connectivity index (χ2n) is 8.33. The Kier molecular flexibility index (Phi) is 42.2. The summed E-state index contributed by atoms with van der Waals surface area (Å²) in [6, 6.07) is 0. The summed E-state index contributed by atoms with van der Waals surface area (Å²) in [4.78, 5) is 62.5. The Balaban J connectivity index is -0.0000000284. The third-order valence-corrected chi connectivity index (χ3v) is 5.99. The molecule has 0 heterocycles. The number of carbonyl (C=O) groups excluding carboxylic acids is 6. The van der Waals surface area contributed by atoms with Gasteiger partial charge in [-0.1, -0.05) is 36.5 Å². The number of hydrogen-bond donors (Lipinski definition) is 0. The number of hydrogen-bond acceptors (Lipinski definition) is 12. The molecule has 214 valence electrons. The molecule has 6 atom stereocenters. The van der Waals surface area contributed by atoms with E-state index < -0.39 is 71.3 Å². The minimum Gasteiger partial charge on any atom is -1.00 e. The molecule has 12 nitrogen and oxygen atoms in total. The van der Waals surface area contributed by atoms with E-state index in [1.807, 2.05) is 0 Å². The van der Waals surface area contributed by atoms with Gasteiger partial charge in [0, 0.05) is 71.3 Å². The summed E-state index contributed by atoms with van der Waals surface area (Å²) in [5.41, 5.74) is 0. The van der Waals surface area contributed by atoms with Crippen molar-refractivity contribution in [3.63, 3.8) is 0 Å². The van der Waals surface area contributed by atoms with E-state index >= 15 is 0 Å². The van der Waals surface area contributed by atoms with E-state index in [0.717, 1.165) is 0 Å². The number of aliphatic carboxylic acids is 6. The fraction of sp³-hybridized carbons (Fsp3) is 0.500. The average Bonchev–Trinajstić information content (AvgIpc) is 2.84. The van der Waals surface area contributed by atoms with Gasteiger partial charge < -0.3 is 70.8 Å². The molecular weight excluding hydrogens is 889 g/mol. The van der Waals surface area contributed by atoms with Crippen LogP contribution in [0.15, 0.2) is 36.5 Å². The predicted octanol–water partition coefficient (Wildman–Crippen LogP) is -7.18. The predicted molar refractivity (Wildman–Crippen MR) is 150 cm³/mol. The normalized spacial score (nSPS) is 24.3. The maximum absolute atomic E-state index is 10.4. The molecule has 0 radical (unpaired) electrons. The average molecular weight is 921 g/mol. The molecule has 3 aliphatic carbocycles. The third kappa shape index (κ3) is 20.9. The van der Waals surface area contributed by atoms with Gasteiger partial charge in [0.15, 0.2) is 0 Å². The van der Waals surface area contributed by atoms with Crippen molar-refractivity contribution < 1.29 is 70.8 Å². The number of carboxylic acids is 6. The van der Waals surface area contributed by atoms with Crippen molar-refractivity contribution >= 4 is 244 Å². The van der Waals surface area contributed by atoms with Crippen LogP contribution in [0.2, 0.25) is 0 Å². The fourth-order valence-corrected chi connectivity index (χ4v) is 4.02. The van der Waals surface area contributed by atoms with Crippen molar-refractivity contribution in [3.05, 3.63) is 36.5 Å². The molecule has 3 aliphatic rings. The summed E-state index contributed by atoms with van der Waals surface area (Å²) >= 11 is 0. The van der Waals surface area contributed by atoms with Gasteiger partial charge in [0.05, 0.1) is 0 Å². The molecule has 0 aromatic heterocycles. The summed E-state index contributed by atoms with van der Waals surface area (Å²) in [5, 5.41) is 62.5. The van der Waals surface area contributed by atoms with Crippen molar-refractivity contribution in [1.82, 2.24) is 0 Å². The van der Waals surface area contributed by atoms with Crippen LogP contribution in [0.1, 0.15) is 49.9 Å². The first kappa shape index (κ1) is 57.1. The molecule has 18 heteroatoms. The van der Waals surface area contributed by atoms with Crippen LogP contribution in [0.25, 0.3) is 0 Å². The van der Waals surface area contributed by atoms with E-state index in [1.165, 1.54) is 18.2 Å². The van der Waals surface area contributed by atoms with Crippen molar-refractivity contribution in [2.24, 2.45) is 35.5 Å². The van der Waals surface area contributed by atoms with E-state index in [9.17, 15) is 59.4 Å². The van der Waals surface area contributed by atoms with E-state index in [4.69, 9.17) is 0 Å². The maximum atomic E-state index is 10.4. The van der Waals surface area contributed by atoms with Gasteiger partial charge in [-0.2, -0.15) is 0 Å². The molecular formula is C24H32Al2Ba2Ca2O12. The molecule has 0 spiro atoms. The molecule has 0 aromatic carbocycles. The Morgan fingerprint density at radius 3 is 0.762 bits per heavy atom. The molecule has 6 unspecified atom stereocenters. The first-order valence-electron chi connectivity index (χ1n) is 11.1. The van der Waals surface area contributed by atoms with Gasteiger partial charge in [0.2, 0.25) is 0 Å². The second kappa shape index (κ2) is 31.1. The molecule has 0 bridgehead atoms. The molecule has 0 amide bonds. The standard InChI is InChI=1S/3C8H10O4.2Al.2Ba.2Ca.8H/c3*9-7(10)5-3-1-2-4-6(5)8(11)12;;;;;;;;;;;;;;/h3*1,3,5-6H,2,4H2,(H,9,10)(H,11,12);;;;;;;;;;;;;;/q;;;2*+3;4*+2;8*-1/p-6. The van der Waals surface area contributed by atoms with Crippen molar-refractivity contribution in [2.45, 2.75) is 38.5 Å². The molecule has 0 N–H and O–H groups in total. The molecule has 0 aromatic rings. The van der Waals surface area contributed by atoms with Crippen LogP contribution in [-0.4, -0.2) is 244 Å². The van der Waals surface area contributed by atoms with Crippen LogP contribution >= 0.6 is 0 Å². The molecule has 3 rings (SSSR count). The van der Waals surface area contributed by atoms with Gasteiger partial charge in [0.1, 0.15) is 0 Å². The van der Waals surface area contributed by atoms with Crippen LogP contribution in [0.5, 0.6) is 0 Å².